The molecule has 1 aromatic rings. The quantitative estimate of drug-likeness (QED) is 0.579. The molecule has 1 heterocycles. The van der Waals surface area contributed by atoms with Crippen molar-refractivity contribution in [3.63, 3.8) is 0 Å². The van der Waals surface area contributed by atoms with Crippen LogP contribution in [0.4, 0.5) is 5.69 Å². The maximum atomic E-state index is 12.2. The molecule has 1 aliphatic heterocycles. The normalized spacial score (nSPS) is 19.1. The van der Waals surface area contributed by atoms with Crippen LogP contribution in [0.25, 0.3) is 0 Å². The third kappa shape index (κ3) is 5.39. The first-order valence-electron chi connectivity index (χ1n) is 8.50. The maximum absolute atomic E-state index is 12.2. The summed E-state index contributed by atoms with van der Waals surface area (Å²) in [4.78, 5) is 35.6. The van der Waals surface area contributed by atoms with Crippen molar-refractivity contribution in [2.75, 3.05) is 5.32 Å². The van der Waals surface area contributed by atoms with Crippen molar-refractivity contribution in [2.24, 2.45) is 0 Å². The molecular formula is C19H27N3O3. The minimum Gasteiger partial charge on any atom is -0.345 e. The zero-order chi connectivity index (χ0) is 18.8. The highest BCUT2D eigenvalue weighted by Gasteiger charge is 2.38. The molecule has 0 atom stereocenters. The molecule has 2 amide bonds. The standard InChI is InChI=1S/C19H27N3O3/c1-12(23)13-6-8-14(9-7-13)20-16(24)17(25)21-15-10-18(2,3)22-19(4,5)11-15/h6-9,15,22H,10-11H2,1-5H3,(H,20,24)(H,21,25). The van der Waals surface area contributed by atoms with Gasteiger partial charge in [0, 0.05) is 28.4 Å². The molecule has 6 heteroatoms. The Labute approximate surface area is 148 Å². The van der Waals surface area contributed by atoms with Gasteiger partial charge in [-0.3, -0.25) is 14.4 Å². The largest absolute Gasteiger partial charge is 0.345 e. The summed E-state index contributed by atoms with van der Waals surface area (Å²) >= 11 is 0. The molecular weight excluding hydrogens is 318 g/mol. The van der Waals surface area contributed by atoms with E-state index in [1.807, 2.05) is 0 Å². The van der Waals surface area contributed by atoms with Crippen LogP contribution in [0.15, 0.2) is 24.3 Å². The molecule has 3 N–H and O–H groups in total. The minimum absolute atomic E-state index is 0.0493. The van der Waals surface area contributed by atoms with Gasteiger partial charge in [0.05, 0.1) is 0 Å². The zero-order valence-corrected chi connectivity index (χ0v) is 15.5. The van der Waals surface area contributed by atoms with E-state index in [1.165, 1.54) is 6.92 Å². The van der Waals surface area contributed by atoms with Gasteiger partial charge in [0.15, 0.2) is 5.78 Å². The van der Waals surface area contributed by atoms with E-state index < -0.39 is 11.8 Å². The fraction of sp³-hybridized carbons (Fsp3) is 0.526. The van der Waals surface area contributed by atoms with Crippen LogP contribution in [0, 0.1) is 0 Å². The molecule has 2 rings (SSSR count). The van der Waals surface area contributed by atoms with Crippen molar-refractivity contribution < 1.29 is 14.4 Å². The van der Waals surface area contributed by atoms with E-state index in [0.29, 0.717) is 11.3 Å². The van der Waals surface area contributed by atoms with E-state index in [-0.39, 0.29) is 22.9 Å². The smallest absolute Gasteiger partial charge is 0.313 e. The SMILES string of the molecule is CC(=O)c1ccc(NC(=O)C(=O)NC2CC(C)(C)NC(C)(C)C2)cc1. The molecule has 0 bridgehead atoms. The highest BCUT2D eigenvalue weighted by atomic mass is 16.2. The number of benzene rings is 1. The van der Waals surface area contributed by atoms with Crippen molar-refractivity contribution in [2.45, 2.75) is 64.6 Å². The lowest BCUT2D eigenvalue weighted by molar-refractivity contribution is -0.137. The lowest BCUT2D eigenvalue weighted by Crippen LogP contribution is -2.62. The van der Waals surface area contributed by atoms with Crippen molar-refractivity contribution in [3.8, 4) is 0 Å². The predicted molar refractivity (Wildman–Crippen MR) is 97.5 cm³/mol. The predicted octanol–water partition coefficient (Wildman–Crippen LogP) is 2.25. The van der Waals surface area contributed by atoms with E-state index in [0.717, 1.165) is 12.8 Å². The van der Waals surface area contributed by atoms with Gasteiger partial charge in [-0.05, 0) is 71.7 Å². The molecule has 0 radical (unpaired) electrons. The third-order valence-electron chi connectivity index (χ3n) is 4.28. The zero-order valence-electron chi connectivity index (χ0n) is 15.5. The molecule has 0 saturated carbocycles. The Balaban J connectivity index is 1.96. The van der Waals surface area contributed by atoms with Gasteiger partial charge in [0.25, 0.3) is 0 Å². The summed E-state index contributed by atoms with van der Waals surface area (Å²) in [6.45, 7) is 9.82. The Kier molecular flexibility index (Phi) is 5.32. The highest BCUT2D eigenvalue weighted by Crippen LogP contribution is 2.28. The van der Waals surface area contributed by atoms with Gasteiger partial charge in [0.2, 0.25) is 0 Å². The number of amides is 2. The first kappa shape index (κ1) is 19.1. The van der Waals surface area contributed by atoms with Gasteiger partial charge in [-0.1, -0.05) is 0 Å². The topological polar surface area (TPSA) is 87.3 Å². The number of hydrogen-bond donors (Lipinski definition) is 3. The lowest BCUT2D eigenvalue weighted by Gasteiger charge is -2.46. The molecule has 0 aromatic heterocycles. The number of ketones is 1. The molecule has 1 saturated heterocycles. The molecule has 136 valence electrons. The highest BCUT2D eigenvalue weighted by molar-refractivity contribution is 6.39. The van der Waals surface area contributed by atoms with E-state index in [2.05, 4.69) is 43.6 Å². The first-order valence-corrected chi connectivity index (χ1v) is 8.50. The number of Topliss-reactive ketones (excluding diaryl/α,β-unsaturated/α-hetero) is 1. The van der Waals surface area contributed by atoms with Crippen LogP contribution in [0.2, 0.25) is 0 Å². The molecule has 1 aromatic carbocycles. The molecule has 0 spiro atoms. The van der Waals surface area contributed by atoms with Crippen molar-refractivity contribution in [1.29, 1.82) is 0 Å². The van der Waals surface area contributed by atoms with E-state index in [4.69, 9.17) is 0 Å². The van der Waals surface area contributed by atoms with Crippen LogP contribution >= 0.6 is 0 Å². The molecule has 1 fully saturated rings. The van der Waals surface area contributed by atoms with E-state index >= 15 is 0 Å². The molecule has 25 heavy (non-hydrogen) atoms. The number of nitrogens with one attached hydrogen (secondary N) is 3. The average molecular weight is 345 g/mol. The third-order valence-corrected chi connectivity index (χ3v) is 4.28. The van der Waals surface area contributed by atoms with Crippen molar-refractivity contribution in [3.05, 3.63) is 29.8 Å². The maximum Gasteiger partial charge on any atom is 0.313 e. The van der Waals surface area contributed by atoms with Gasteiger partial charge >= 0.3 is 11.8 Å². The van der Waals surface area contributed by atoms with Crippen LogP contribution in [0.3, 0.4) is 0 Å². The fourth-order valence-electron chi connectivity index (χ4n) is 3.65. The summed E-state index contributed by atoms with van der Waals surface area (Å²) < 4.78 is 0. The van der Waals surface area contributed by atoms with Crippen LogP contribution in [-0.4, -0.2) is 34.7 Å². The van der Waals surface area contributed by atoms with Gasteiger partial charge in [-0.2, -0.15) is 0 Å². The Morgan fingerprint density at radius 2 is 1.48 bits per heavy atom. The number of anilines is 1. The van der Waals surface area contributed by atoms with Crippen LogP contribution in [-0.2, 0) is 9.59 Å². The van der Waals surface area contributed by atoms with Gasteiger partial charge in [-0.25, -0.2) is 0 Å². The summed E-state index contributed by atoms with van der Waals surface area (Å²) in [5, 5.41) is 8.93. The van der Waals surface area contributed by atoms with Gasteiger partial charge < -0.3 is 16.0 Å². The average Bonchev–Trinajstić information content (AvgIpc) is 2.44. The fourth-order valence-corrected chi connectivity index (χ4v) is 3.65. The number of piperidine rings is 1. The second kappa shape index (κ2) is 6.96. The number of carbonyl (C=O) groups excluding carboxylic acids is 3. The summed E-state index contributed by atoms with van der Waals surface area (Å²) in [7, 11) is 0. The Morgan fingerprint density at radius 3 is 1.96 bits per heavy atom. The van der Waals surface area contributed by atoms with E-state index in [1.54, 1.807) is 24.3 Å². The summed E-state index contributed by atoms with van der Waals surface area (Å²) in [5.41, 5.74) is 0.815. The molecule has 0 aliphatic carbocycles. The molecule has 6 nitrogen and oxygen atoms in total. The van der Waals surface area contributed by atoms with E-state index in [9.17, 15) is 14.4 Å². The Morgan fingerprint density at radius 1 is 0.960 bits per heavy atom. The number of hydrogen-bond acceptors (Lipinski definition) is 4. The second-order valence-electron chi connectivity index (χ2n) is 8.06. The second-order valence-corrected chi connectivity index (χ2v) is 8.06. The molecule has 1 aliphatic rings. The number of carbonyl (C=O) groups is 3. The summed E-state index contributed by atoms with van der Waals surface area (Å²) in [6.07, 6.45) is 1.51. The summed E-state index contributed by atoms with van der Waals surface area (Å²) in [6, 6.07) is 6.39. The van der Waals surface area contributed by atoms with Crippen LogP contribution < -0.4 is 16.0 Å². The van der Waals surface area contributed by atoms with Crippen molar-refractivity contribution >= 4 is 23.3 Å². The molecule has 0 unspecified atom stereocenters. The minimum atomic E-state index is -0.704. The van der Waals surface area contributed by atoms with Crippen LogP contribution in [0.1, 0.15) is 57.8 Å². The van der Waals surface area contributed by atoms with Gasteiger partial charge in [0.1, 0.15) is 0 Å². The van der Waals surface area contributed by atoms with Crippen LogP contribution in [0.5, 0.6) is 0 Å². The number of rotatable bonds is 3. The van der Waals surface area contributed by atoms with Gasteiger partial charge in [-0.15, -0.1) is 0 Å². The Hall–Kier alpha value is -2.21. The monoisotopic (exact) mass is 345 g/mol. The first-order chi connectivity index (χ1) is 11.5. The van der Waals surface area contributed by atoms with Crippen molar-refractivity contribution in [1.82, 2.24) is 10.6 Å². The lowest BCUT2D eigenvalue weighted by atomic mass is 9.79. The summed E-state index contributed by atoms with van der Waals surface area (Å²) in [5.74, 6) is -1.40. The Bertz CT molecular complexity index is 662.